The van der Waals surface area contributed by atoms with Gasteiger partial charge in [0.05, 0.1) is 11.2 Å². The van der Waals surface area contributed by atoms with E-state index in [2.05, 4.69) is 24.0 Å². The molecule has 21 heavy (non-hydrogen) atoms. The quantitative estimate of drug-likeness (QED) is 0.747. The van der Waals surface area contributed by atoms with Crippen LogP contribution in [0.1, 0.15) is 18.3 Å². The van der Waals surface area contributed by atoms with Crippen molar-refractivity contribution in [1.82, 2.24) is 9.55 Å². The van der Waals surface area contributed by atoms with E-state index >= 15 is 0 Å². The average molecular weight is 281 g/mol. The molecule has 0 aliphatic carbocycles. The molecule has 1 aromatic heterocycles. The molecule has 0 amide bonds. The van der Waals surface area contributed by atoms with E-state index in [0.717, 1.165) is 29.0 Å². The molecule has 0 bridgehead atoms. The van der Waals surface area contributed by atoms with Crippen LogP contribution in [0.5, 0.6) is 5.75 Å². The van der Waals surface area contributed by atoms with Crippen molar-refractivity contribution in [2.24, 2.45) is 7.05 Å². The van der Waals surface area contributed by atoms with Gasteiger partial charge >= 0.3 is 0 Å². The van der Waals surface area contributed by atoms with E-state index in [-0.39, 0.29) is 0 Å². The molecule has 3 rings (SSSR count). The molecule has 0 aliphatic rings. The normalized spacial score (nSPS) is 11.0. The predicted molar refractivity (Wildman–Crippen MR) is 85.3 cm³/mol. The molecule has 108 valence electrons. The number of nitrogens with two attached hydrogens (primary N) is 1. The second-order valence-electron chi connectivity index (χ2n) is 5.09. The van der Waals surface area contributed by atoms with Crippen LogP contribution < -0.4 is 10.5 Å². The largest absolute Gasteiger partial charge is 0.486 e. The summed E-state index contributed by atoms with van der Waals surface area (Å²) >= 11 is 0. The number of benzene rings is 2. The smallest absolute Gasteiger partial charge is 0.147 e. The lowest BCUT2D eigenvalue weighted by molar-refractivity contribution is 0.292. The molecule has 0 saturated carbocycles. The topological polar surface area (TPSA) is 53.1 Å². The molecule has 0 aliphatic heterocycles. The summed E-state index contributed by atoms with van der Waals surface area (Å²) in [4.78, 5) is 4.57. The summed E-state index contributed by atoms with van der Waals surface area (Å²) in [5, 5.41) is 0. The molecule has 0 saturated heterocycles. The van der Waals surface area contributed by atoms with Crippen LogP contribution in [0.2, 0.25) is 0 Å². The second kappa shape index (κ2) is 5.48. The third-order valence-corrected chi connectivity index (χ3v) is 3.73. The summed E-state index contributed by atoms with van der Waals surface area (Å²) in [5.41, 5.74) is 9.82. The maximum absolute atomic E-state index is 5.96. The van der Waals surface area contributed by atoms with Crippen LogP contribution >= 0.6 is 0 Å². The van der Waals surface area contributed by atoms with Crippen molar-refractivity contribution >= 4 is 16.7 Å². The average Bonchev–Trinajstić information content (AvgIpc) is 2.84. The maximum Gasteiger partial charge on any atom is 0.147 e. The fraction of sp³-hybridized carbons (Fsp3) is 0.235. The summed E-state index contributed by atoms with van der Waals surface area (Å²) in [6, 6.07) is 14.0. The van der Waals surface area contributed by atoms with Crippen molar-refractivity contribution in [3.8, 4) is 5.75 Å². The summed E-state index contributed by atoms with van der Waals surface area (Å²) < 4.78 is 7.84. The number of aromatic nitrogens is 2. The second-order valence-corrected chi connectivity index (χ2v) is 5.09. The Balaban J connectivity index is 1.81. The highest BCUT2D eigenvalue weighted by Crippen LogP contribution is 2.22. The Bertz CT molecular complexity index is 760. The number of rotatable bonds is 4. The van der Waals surface area contributed by atoms with Crippen LogP contribution in [0.3, 0.4) is 0 Å². The minimum atomic E-state index is 0.427. The number of nitrogen functional groups attached to an aromatic ring is 1. The third kappa shape index (κ3) is 2.57. The molecular formula is C17H19N3O. The van der Waals surface area contributed by atoms with Gasteiger partial charge in [-0.2, -0.15) is 0 Å². The van der Waals surface area contributed by atoms with E-state index in [1.807, 2.05) is 41.9 Å². The highest BCUT2D eigenvalue weighted by molar-refractivity contribution is 5.87. The first-order valence-corrected chi connectivity index (χ1v) is 7.10. The summed E-state index contributed by atoms with van der Waals surface area (Å²) in [6.07, 6.45) is 1.03. The van der Waals surface area contributed by atoms with Gasteiger partial charge in [-0.3, -0.25) is 0 Å². The number of para-hydroxylation sites is 1. The standard InChI is InChI=1S/C17H19N3O/c1-3-12-7-9-13(10-8-12)21-11-16-19-17-14(18)5-4-6-15(17)20(16)2/h4-10H,3,11,18H2,1-2H3. The summed E-state index contributed by atoms with van der Waals surface area (Å²) in [5.74, 6) is 1.72. The van der Waals surface area contributed by atoms with Gasteiger partial charge < -0.3 is 15.0 Å². The molecule has 1 heterocycles. The van der Waals surface area contributed by atoms with Gasteiger partial charge in [-0.15, -0.1) is 0 Å². The Kier molecular flexibility index (Phi) is 3.52. The van der Waals surface area contributed by atoms with Crippen LogP contribution in [-0.2, 0) is 20.1 Å². The number of nitrogens with zero attached hydrogens (tertiary/aromatic N) is 2. The molecule has 0 fully saturated rings. The molecule has 0 unspecified atom stereocenters. The predicted octanol–water partition coefficient (Wildman–Crippen LogP) is 3.30. The van der Waals surface area contributed by atoms with E-state index in [1.54, 1.807) is 0 Å². The Morgan fingerprint density at radius 3 is 2.57 bits per heavy atom. The van der Waals surface area contributed by atoms with Gasteiger partial charge in [0.25, 0.3) is 0 Å². The highest BCUT2D eigenvalue weighted by Gasteiger charge is 2.10. The monoisotopic (exact) mass is 281 g/mol. The molecule has 0 atom stereocenters. The first-order chi connectivity index (χ1) is 10.2. The molecular weight excluding hydrogens is 262 g/mol. The molecule has 0 spiro atoms. The molecule has 2 N–H and O–H groups in total. The van der Waals surface area contributed by atoms with Crippen molar-refractivity contribution < 1.29 is 4.74 Å². The molecule has 2 aromatic carbocycles. The van der Waals surface area contributed by atoms with Gasteiger partial charge in [-0.1, -0.05) is 25.1 Å². The van der Waals surface area contributed by atoms with E-state index in [0.29, 0.717) is 12.3 Å². The minimum Gasteiger partial charge on any atom is -0.486 e. The number of hydrogen-bond donors (Lipinski definition) is 1. The van der Waals surface area contributed by atoms with E-state index < -0.39 is 0 Å². The van der Waals surface area contributed by atoms with Crippen LogP contribution in [0.4, 0.5) is 5.69 Å². The van der Waals surface area contributed by atoms with Gasteiger partial charge in [0, 0.05) is 7.05 Å². The Labute approximate surface area is 124 Å². The van der Waals surface area contributed by atoms with Crippen LogP contribution in [0.15, 0.2) is 42.5 Å². The number of anilines is 1. The van der Waals surface area contributed by atoms with Gasteiger partial charge in [-0.05, 0) is 36.2 Å². The lowest BCUT2D eigenvalue weighted by Gasteiger charge is -2.07. The number of ether oxygens (including phenoxy) is 1. The number of aryl methyl sites for hydroxylation is 2. The Morgan fingerprint density at radius 1 is 1.14 bits per heavy atom. The first-order valence-electron chi connectivity index (χ1n) is 7.10. The molecule has 0 radical (unpaired) electrons. The van der Waals surface area contributed by atoms with Crippen LogP contribution in [-0.4, -0.2) is 9.55 Å². The first kappa shape index (κ1) is 13.5. The molecule has 4 nitrogen and oxygen atoms in total. The maximum atomic E-state index is 5.96. The molecule has 3 aromatic rings. The summed E-state index contributed by atoms with van der Waals surface area (Å²) in [6.45, 7) is 2.57. The zero-order valence-electron chi connectivity index (χ0n) is 12.3. The van der Waals surface area contributed by atoms with Crippen LogP contribution in [0.25, 0.3) is 11.0 Å². The Morgan fingerprint density at radius 2 is 1.90 bits per heavy atom. The molecule has 4 heteroatoms. The van der Waals surface area contributed by atoms with Crippen molar-refractivity contribution in [2.75, 3.05) is 5.73 Å². The zero-order chi connectivity index (χ0) is 14.8. The zero-order valence-corrected chi connectivity index (χ0v) is 12.3. The lowest BCUT2D eigenvalue weighted by Crippen LogP contribution is -2.03. The van der Waals surface area contributed by atoms with Crippen molar-refractivity contribution in [3.63, 3.8) is 0 Å². The Hall–Kier alpha value is -2.49. The third-order valence-electron chi connectivity index (χ3n) is 3.73. The van der Waals surface area contributed by atoms with Crippen molar-refractivity contribution in [1.29, 1.82) is 0 Å². The van der Waals surface area contributed by atoms with E-state index in [1.165, 1.54) is 5.56 Å². The minimum absolute atomic E-state index is 0.427. The number of fused-ring (bicyclic) bond motifs is 1. The van der Waals surface area contributed by atoms with Gasteiger partial charge in [0.1, 0.15) is 23.7 Å². The summed E-state index contributed by atoms with van der Waals surface area (Å²) in [7, 11) is 1.98. The van der Waals surface area contributed by atoms with Crippen molar-refractivity contribution in [3.05, 3.63) is 53.9 Å². The van der Waals surface area contributed by atoms with Gasteiger partial charge in [0.2, 0.25) is 0 Å². The fourth-order valence-corrected chi connectivity index (χ4v) is 2.38. The van der Waals surface area contributed by atoms with Gasteiger partial charge in [0.15, 0.2) is 0 Å². The number of hydrogen-bond acceptors (Lipinski definition) is 3. The lowest BCUT2D eigenvalue weighted by atomic mass is 10.2. The van der Waals surface area contributed by atoms with Gasteiger partial charge in [-0.25, -0.2) is 4.98 Å². The highest BCUT2D eigenvalue weighted by atomic mass is 16.5. The van der Waals surface area contributed by atoms with E-state index in [4.69, 9.17) is 10.5 Å². The van der Waals surface area contributed by atoms with Crippen LogP contribution in [0, 0.1) is 0 Å². The number of imidazole rings is 1. The fourth-order valence-electron chi connectivity index (χ4n) is 2.38. The van der Waals surface area contributed by atoms with E-state index in [9.17, 15) is 0 Å². The SMILES string of the molecule is CCc1ccc(OCc2nc3c(N)cccc3n2C)cc1. The van der Waals surface area contributed by atoms with Crippen molar-refractivity contribution in [2.45, 2.75) is 20.0 Å².